The van der Waals surface area contributed by atoms with Crippen molar-refractivity contribution in [3.05, 3.63) is 63.5 Å². The minimum absolute atomic E-state index is 0.00449. The predicted molar refractivity (Wildman–Crippen MR) is 81.4 cm³/mol. The van der Waals surface area contributed by atoms with E-state index in [0.717, 1.165) is 18.2 Å². The number of hydrogen-bond donors (Lipinski definition) is 2. The van der Waals surface area contributed by atoms with Gasteiger partial charge in [-0.25, -0.2) is 4.39 Å². The Kier molecular flexibility index (Phi) is 4.91. The van der Waals surface area contributed by atoms with Crippen molar-refractivity contribution in [2.24, 2.45) is 0 Å². The first-order valence-corrected chi connectivity index (χ1v) is 6.78. The van der Waals surface area contributed by atoms with Gasteiger partial charge in [-0.1, -0.05) is 12.1 Å². The van der Waals surface area contributed by atoms with Crippen LogP contribution in [0.25, 0.3) is 0 Å². The molecule has 0 atom stereocenters. The molecule has 0 aliphatic carbocycles. The fourth-order valence-corrected chi connectivity index (χ4v) is 2.10. The third-order valence-corrected chi connectivity index (χ3v) is 3.33. The smallest absolute Gasteiger partial charge is 0.380 e. The number of nitro groups is 1. The highest BCUT2D eigenvalue weighted by Gasteiger charge is 2.29. The molecule has 0 radical (unpaired) electrons. The van der Waals surface area contributed by atoms with E-state index < -0.39 is 28.2 Å². The van der Waals surface area contributed by atoms with E-state index in [-0.39, 0.29) is 17.9 Å². The fraction of sp³-hybridized carbons (Fsp3) is 0.200. The highest BCUT2D eigenvalue weighted by molar-refractivity contribution is 5.69. The van der Waals surface area contributed by atoms with Crippen LogP contribution < -0.4 is 10.6 Å². The van der Waals surface area contributed by atoms with E-state index in [1.54, 1.807) is 0 Å². The van der Waals surface area contributed by atoms with Crippen LogP contribution in [0.4, 0.5) is 34.6 Å². The maximum absolute atomic E-state index is 14.2. The first-order chi connectivity index (χ1) is 11.2. The van der Waals surface area contributed by atoms with Crippen molar-refractivity contribution in [1.29, 1.82) is 0 Å². The summed E-state index contributed by atoms with van der Waals surface area (Å²) in [4.78, 5) is 10.1. The lowest BCUT2D eigenvalue weighted by Crippen LogP contribution is -2.07. The molecule has 2 rings (SSSR count). The van der Waals surface area contributed by atoms with Crippen LogP contribution in [-0.2, 0) is 12.7 Å². The molecule has 9 heteroatoms. The van der Waals surface area contributed by atoms with E-state index in [4.69, 9.17) is 0 Å². The van der Waals surface area contributed by atoms with Crippen LogP contribution in [-0.4, -0.2) is 12.0 Å². The number of nitrogens with one attached hydrogen (secondary N) is 2. The van der Waals surface area contributed by atoms with Gasteiger partial charge in [0.25, 0.3) is 5.69 Å². The summed E-state index contributed by atoms with van der Waals surface area (Å²) in [7, 11) is 1.35. The fourth-order valence-electron chi connectivity index (χ4n) is 2.10. The zero-order chi connectivity index (χ0) is 17.9. The molecule has 0 bridgehead atoms. The summed E-state index contributed by atoms with van der Waals surface area (Å²) >= 11 is 0. The Morgan fingerprint density at radius 1 is 1.12 bits per heavy atom. The molecule has 0 saturated carbocycles. The maximum Gasteiger partial charge on any atom is 0.416 e. The number of halogens is 4. The maximum atomic E-state index is 14.2. The molecule has 0 heterocycles. The van der Waals surface area contributed by atoms with Gasteiger partial charge in [0.1, 0.15) is 0 Å². The molecule has 24 heavy (non-hydrogen) atoms. The number of rotatable bonds is 5. The van der Waals surface area contributed by atoms with Gasteiger partial charge in [0.2, 0.25) is 0 Å². The Morgan fingerprint density at radius 3 is 2.25 bits per heavy atom. The van der Waals surface area contributed by atoms with Crippen molar-refractivity contribution in [3.8, 4) is 0 Å². The van der Waals surface area contributed by atoms with Gasteiger partial charge in [0, 0.05) is 19.7 Å². The first kappa shape index (κ1) is 17.5. The lowest BCUT2D eigenvalue weighted by Gasteiger charge is -2.12. The largest absolute Gasteiger partial charge is 0.416 e. The summed E-state index contributed by atoms with van der Waals surface area (Å²) in [5.41, 5.74) is -0.936. The standard InChI is InChI=1S/C15H13F4N3O2/c1-20-14-12(22(23)24)7-6-11(13(14)16)21-8-9-2-4-10(5-3-9)15(17,18)19/h2-7,20-21H,8H2,1H3. The van der Waals surface area contributed by atoms with Crippen molar-refractivity contribution in [2.75, 3.05) is 17.7 Å². The van der Waals surface area contributed by atoms with Gasteiger partial charge in [-0.3, -0.25) is 10.1 Å². The lowest BCUT2D eigenvalue weighted by molar-refractivity contribution is -0.384. The molecule has 5 nitrogen and oxygen atoms in total. The summed E-state index contributed by atoms with van der Waals surface area (Å²) in [6.07, 6.45) is -4.42. The Labute approximate surface area is 134 Å². The number of benzene rings is 2. The van der Waals surface area contributed by atoms with Gasteiger partial charge < -0.3 is 10.6 Å². The molecule has 0 saturated heterocycles. The quantitative estimate of drug-likeness (QED) is 0.479. The SMILES string of the molecule is CNc1c([N+](=O)[O-])ccc(NCc2ccc(C(F)(F)F)cc2)c1F. The van der Waals surface area contributed by atoms with Crippen molar-refractivity contribution >= 4 is 17.1 Å². The molecule has 0 aromatic heterocycles. The average molecular weight is 343 g/mol. The van der Waals surface area contributed by atoms with E-state index in [0.29, 0.717) is 5.56 Å². The zero-order valence-electron chi connectivity index (χ0n) is 12.4. The molecule has 0 aliphatic rings. The van der Waals surface area contributed by atoms with Crippen LogP contribution in [0.1, 0.15) is 11.1 Å². The van der Waals surface area contributed by atoms with Gasteiger partial charge >= 0.3 is 6.18 Å². The molecule has 2 N–H and O–H groups in total. The third-order valence-electron chi connectivity index (χ3n) is 3.33. The van der Waals surface area contributed by atoms with Gasteiger partial charge in [0.15, 0.2) is 11.5 Å². The lowest BCUT2D eigenvalue weighted by atomic mass is 10.1. The number of anilines is 2. The zero-order valence-corrected chi connectivity index (χ0v) is 12.4. The van der Waals surface area contributed by atoms with Crippen LogP contribution in [0.3, 0.4) is 0 Å². The second-order valence-corrected chi connectivity index (χ2v) is 4.88. The Bertz CT molecular complexity index is 746. The van der Waals surface area contributed by atoms with E-state index >= 15 is 0 Å². The monoisotopic (exact) mass is 343 g/mol. The molecule has 0 aliphatic heterocycles. The molecule has 0 spiro atoms. The summed E-state index contributed by atoms with van der Waals surface area (Å²) in [6, 6.07) is 6.77. The molecular weight excluding hydrogens is 330 g/mol. The van der Waals surface area contributed by atoms with Crippen LogP contribution in [0.2, 0.25) is 0 Å². The summed E-state index contributed by atoms with van der Waals surface area (Å²) in [5, 5.41) is 16.0. The summed E-state index contributed by atoms with van der Waals surface area (Å²) in [5.74, 6) is -0.835. The second-order valence-electron chi connectivity index (χ2n) is 4.88. The van der Waals surface area contributed by atoms with E-state index in [1.807, 2.05) is 0 Å². The van der Waals surface area contributed by atoms with Crippen molar-refractivity contribution in [2.45, 2.75) is 12.7 Å². The Hall–Kier alpha value is -2.84. The summed E-state index contributed by atoms with van der Waals surface area (Å²) < 4.78 is 51.7. The van der Waals surface area contributed by atoms with E-state index in [1.165, 1.54) is 25.2 Å². The molecular formula is C15H13F4N3O2. The highest BCUT2D eigenvalue weighted by atomic mass is 19.4. The molecule has 0 fully saturated rings. The van der Waals surface area contributed by atoms with Crippen LogP contribution in [0.15, 0.2) is 36.4 Å². The molecule has 0 unspecified atom stereocenters. The van der Waals surface area contributed by atoms with Crippen molar-refractivity contribution in [3.63, 3.8) is 0 Å². The summed E-state index contributed by atoms with van der Waals surface area (Å²) in [6.45, 7) is 0.0655. The normalized spacial score (nSPS) is 11.2. The molecule has 2 aromatic carbocycles. The average Bonchev–Trinajstić information content (AvgIpc) is 2.52. The number of nitro benzene ring substituents is 1. The number of nitrogens with zero attached hydrogens (tertiary/aromatic N) is 1. The van der Waals surface area contributed by atoms with Crippen LogP contribution in [0.5, 0.6) is 0 Å². The van der Waals surface area contributed by atoms with Crippen molar-refractivity contribution in [1.82, 2.24) is 0 Å². The number of alkyl halides is 3. The van der Waals surface area contributed by atoms with Crippen LogP contribution >= 0.6 is 0 Å². The predicted octanol–water partition coefficient (Wildman–Crippen LogP) is 4.41. The van der Waals surface area contributed by atoms with Gasteiger partial charge in [-0.2, -0.15) is 13.2 Å². The van der Waals surface area contributed by atoms with Gasteiger partial charge in [-0.15, -0.1) is 0 Å². The third kappa shape index (κ3) is 3.73. The van der Waals surface area contributed by atoms with E-state index in [2.05, 4.69) is 10.6 Å². The van der Waals surface area contributed by atoms with Gasteiger partial charge in [0.05, 0.1) is 16.2 Å². The topological polar surface area (TPSA) is 67.2 Å². The highest BCUT2D eigenvalue weighted by Crippen LogP contribution is 2.32. The van der Waals surface area contributed by atoms with Crippen LogP contribution in [0, 0.1) is 15.9 Å². The van der Waals surface area contributed by atoms with E-state index in [9.17, 15) is 27.7 Å². The van der Waals surface area contributed by atoms with Crippen molar-refractivity contribution < 1.29 is 22.5 Å². The molecule has 128 valence electrons. The molecule has 2 aromatic rings. The Morgan fingerprint density at radius 2 is 1.75 bits per heavy atom. The van der Waals surface area contributed by atoms with Gasteiger partial charge in [-0.05, 0) is 23.8 Å². The minimum Gasteiger partial charge on any atom is -0.380 e. The minimum atomic E-state index is -4.42. The Balaban J connectivity index is 2.16. The second kappa shape index (κ2) is 6.73. The number of hydrogen-bond acceptors (Lipinski definition) is 4. The molecule has 0 amide bonds. The first-order valence-electron chi connectivity index (χ1n) is 6.78.